The molecule has 3 fully saturated rings. The second-order valence-corrected chi connectivity index (χ2v) is 10.6. The van der Waals surface area contributed by atoms with E-state index in [2.05, 4.69) is 15.5 Å². The molecule has 1 saturated carbocycles. The van der Waals surface area contributed by atoms with Gasteiger partial charge in [-0.15, -0.1) is 0 Å². The number of nitrogens with zero attached hydrogens (tertiary/aromatic N) is 2. The lowest BCUT2D eigenvalue weighted by molar-refractivity contribution is -0.214. The van der Waals surface area contributed by atoms with Gasteiger partial charge in [0.1, 0.15) is 5.82 Å². The number of alkyl halides is 5. The third-order valence-corrected chi connectivity index (χ3v) is 8.09. The van der Waals surface area contributed by atoms with Gasteiger partial charge in [-0.3, -0.25) is 14.2 Å². The van der Waals surface area contributed by atoms with Gasteiger partial charge in [-0.05, 0) is 25.8 Å². The highest BCUT2D eigenvalue weighted by Gasteiger charge is 2.59. The Morgan fingerprint density at radius 2 is 1.85 bits per heavy atom. The molecule has 2 saturated heterocycles. The molecular formula is C26H28F6N4O3. The van der Waals surface area contributed by atoms with E-state index in [1.807, 2.05) is 7.05 Å². The van der Waals surface area contributed by atoms with Crippen LogP contribution in [0, 0.1) is 17.7 Å². The molecule has 3 aliphatic rings. The highest BCUT2D eigenvalue weighted by Crippen LogP contribution is 2.47. The maximum atomic E-state index is 14.7. The zero-order valence-corrected chi connectivity index (χ0v) is 21.2. The number of carbonyl (C=O) groups excluding carboxylic acids is 1. The third-order valence-electron chi connectivity index (χ3n) is 8.09. The van der Waals surface area contributed by atoms with E-state index < -0.39 is 60.1 Å². The van der Waals surface area contributed by atoms with E-state index >= 15 is 0 Å². The number of fused-ring (bicyclic) bond motifs is 1. The molecular weight excluding hydrogens is 530 g/mol. The summed E-state index contributed by atoms with van der Waals surface area (Å²) in [6.07, 6.45) is -7.56. The SMILES string of the molecule is C[C@@H](NC(=O)c1cn([C@]2(C(F)(F)F)CCOC2)c(=O)cc1N[C@H]1[C@@H]2CN(C)C[C@@H]21)c1cccc(C(F)F)c1F. The van der Waals surface area contributed by atoms with E-state index in [0.717, 1.165) is 31.4 Å². The first-order chi connectivity index (χ1) is 18.3. The number of nitrogens with one attached hydrogen (secondary N) is 2. The summed E-state index contributed by atoms with van der Waals surface area (Å²) in [7, 11) is 1.97. The number of likely N-dealkylation sites (tertiary alicyclic amines) is 1. The molecule has 5 atom stereocenters. The lowest BCUT2D eigenvalue weighted by atomic mass is 9.96. The van der Waals surface area contributed by atoms with Crippen LogP contribution in [0.4, 0.5) is 32.0 Å². The van der Waals surface area contributed by atoms with Gasteiger partial charge in [-0.2, -0.15) is 13.2 Å². The standard InChI is InChI=1S/C26H28F6N4O3/c1-13(14-4-3-5-15(21(14)27)23(28)29)33-24(38)18-11-36(25(26(30,31)32)6-7-39-12-25)20(37)8-19(18)34-22-16-9-35(2)10-17(16)22/h3-5,8,11,13,16-17,22-23,34H,6-7,9-10,12H2,1-2H3,(H,33,38)/t13-,16-,17+,22+,25-/m1/s1. The van der Waals surface area contributed by atoms with E-state index in [1.54, 1.807) is 0 Å². The van der Waals surface area contributed by atoms with Crippen LogP contribution in [0.3, 0.4) is 0 Å². The third kappa shape index (κ3) is 4.79. The Kier molecular flexibility index (Phi) is 6.94. The Bertz CT molecular complexity index is 1310. The fourth-order valence-electron chi connectivity index (χ4n) is 5.83. The number of carbonyl (C=O) groups is 1. The van der Waals surface area contributed by atoms with E-state index in [-0.39, 0.29) is 41.3 Å². The summed E-state index contributed by atoms with van der Waals surface area (Å²) in [6.45, 7) is 1.96. The number of pyridine rings is 1. The summed E-state index contributed by atoms with van der Waals surface area (Å²) in [6, 6.07) is 3.20. The predicted octanol–water partition coefficient (Wildman–Crippen LogP) is 4.07. The maximum absolute atomic E-state index is 14.7. The molecule has 13 heteroatoms. The Balaban J connectivity index is 1.51. The van der Waals surface area contributed by atoms with Crippen LogP contribution in [-0.4, -0.2) is 60.9 Å². The minimum absolute atomic E-state index is 0.0565. The molecule has 1 aromatic heterocycles. The molecule has 0 unspecified atom stereocenters. The fourth-order valence-corrected chi connectivity index (χ4v) is 5.83. The van der Waals surface area contributed by atoms with Crippen LogP contribution < -0.4 is 16.2 Å². The lowest BCUT2D eigenvalue weighted by Gasteiger charge is -2.33. The Hall–Kier alpha value is -3.06. The van der Waals surface area contributed by atoms with E-state index in [1.165, 1.54) is 19.1 Å². The first-order valence-corrected chi connectivity index (χ1v) is 12.6. The van der Waals surface area contributed by atoms with Crippen molar-refractivity contribution in [1.82, 2.24) is 14.8 Å². The monoisotopic (exact) mass is 558 g/mol. The number of hydrogen-bond donors (Lipinski definition) is 2. The summed E-state index contributed by atoms with van der Waals surface area (Å²) in [5, 5.41) is 5.66. The van der Waals surface area contributed by atoms with Crippen LogP contribution >= 0.6 is 0 Å². The van der Waals surface area contributed by atoms with Crippen molar-refractivity contribution >= 4 is 11.6 Å². The Morgan fingerprint density at radius 3 is 2.44 bits per heavy atom. The van der Waals surface area contributed by atoms with Gasteiger partial charge in [0.05, 0.1) is 29.5 Å². The zero-order chi connectivity index (χ0) is 28.3. The van der Waals surface area contributed by atoms with E-state index in [9.17, 15) is 35.9 Å². The molecule has 5 rings (SSSR count). The Morgan fingerprint density at radius 1 is 1.18 bits per heavy atom. The molecule has 3 heterocycles. The second kappa shape index (κ2) is 9.84. The van der Waals surface area contributed by atoms with E-state index in [0.29, 0.717) is 4.57 Å². The molecule has 212 valence electrons. The van der Waals surface area contributed by atoms with Crippen LogP contribution in [0.2, 0.25) is 0 Å². The molecule has 2 aromatic rings. The average molecular weight is 559 g/mol. The molecule has 0 bridgehead atoms. The summed E-state index contributed by atoms with van der Waals surface area (Å²) in [5.74, 6) is -1.54. The van der Waals surface area contributed by atoms with Gasteiger partial charge in [0.15, 0.2) is 5.54 Å². The van der Waals surface area contributed by atoms with Crippen molar-refractivity contribution in [3.63, 3.8) is 0 Å². The summed E-state index contributed by atoms with van der Waals surface area (Å²) < 4.78 is 89.3. The number of ether oxygens (including phenoxy) is 1. The smallest absolute Gasteiger partial charge is 0.381 e. The molecule has 1 amide bonds. The van der Waals surface area contributed by atoms with Crippen molar-refractivity contribution in [1.29, 1.82) is 0 Å². The van der Waals surface area contributed by atoms with Crippen molar-refractivity contribution in [2.24, 2.45) is 11.8 Å². The molecule has 39 heavy (non-hydrogen) atoms. The minimum Gasteiger partial charge on any atom is -0.381 e. The lowest BCUT2D eigenvalue weighted by Crippen LogP contribution is -2.52. The predicted molar refractivity (Wildman–Crippen MR) is 129 cm³/mol. The number of halogens is 6. The largest absolute Gasteiger partial charge is 0.414 e. The first-order valence-electron chi connectivity index (χ1n) is 12.6. The number of rotatable bonds is 7. The van der Waals surface area contributed by atoms with Crippen LogP contribution in [0.15, 0.2) is 35.3 Å². The van der Waals surface area contributed by atoms with Crippen LogP contribution in [-0.2, 0) is 10.3 Å². The van der Waals surface area contributed by atoms with Gasteiger partial charge in [0.25, 0.3) is 17.9 Å². The number of amides is 1. The topological polar surface area (TPSA) is 75.6 Å². The normalized spacial score (nSPS) is 27.5. The van der Waals surface area contributed by atoms with Crippen molar-refractivity contribution in [2.75, 3.05) is 38.7 Å². The van der Waals surface area contributed by atoms with Gasteiger partial charge in [0, 0.05) is 50.0 Å². The number of aromatic nitrogens is 1. The molecule has 1 aliphatic carbocycles. The van der Waals surface area contributed by atoms with Crippen LogP contribution in [0.25, 0.3) is 0 Å². The van der Waals surface area contributed by atoms with Crippen molar-refractivity contribution in [3.05, 3.63) is 63.3 Å². The number of hydrogen-bond acceptors (Lipinski definition) is 5. The van der Waals surface area contributed by atoms with Gasteiger partial charge >= 0.3 is 6.18 Å². The quantitative estimate of drug-likeness (QED) is 0.502. The van der Waals surface area contributed by atoms with Gasteiger partial charge in [-0.25, -0.2) is 13.2 Å². The highest BCUT2D eigenvalue weighted by atomic mass is 19.4. The molecule has 7 nitrogen and oxygen atoms in total. The van der Waals surface area contributed by atoms with Crippen LogP contribution in [0.1, 0.15) is 47.3 Å². The van der Waals surface area contributed by atoms with Crippen molar-refractivity contribution in [2.45, 2.75) is 43.6 Å². The first kappa shape index (κ1) is 27.5. The summed E-state index contributed by atoms with van der Waals surface area (Å²) >= 11 is 0. The molecule has 0 radical (unpaired) electrons. The van der Waals surface area contributed by atoms with Gasteiger partial charge in [0.2, 0.25) is 0 Å². The molecule has 2 N–H and O–H groups in total. The molecule has 2 aliphatic heterocycles. The van der Waals surface area contributed by atoms with Crippen LogP contribution in [0.5, 0.6) is 0 Å². The van der Waals surface area contributed by atoms with E-state index in [4.69, 9.17) is 4.74 Å². The molecule has 0 spiro atoms. The fraction of sp³-hybridized carbons (Fsp3) is 0.538. The van der Waals surface area contributed by atoms with Gasteiger partial charge < -0.3 is 20.3 Å². The zero-order valence-electron chi connectivity index (χ0n) is 21.2. The highest BCUT2D eigenvalue weighted by molar-refractivity contribution is 5.99. The number of benzene rings is 1. The average Bonchev–Trinajstić information content (AvgIpc) is 3.21. The summed E-state index contributed by atoms with van der Waals surface area (Å²) in [4.78, 5) is 28.6. The Labute approximate surface area is 220 Å². The number of piperidine rings is 1. The maximum Gasteiger partial charge on any atom is 0.414 e. The van der Waals surface area contributed by atoms with Crippen molar-refractivity contribution < 1.29 is 35.9 Å². The number of anilines is 1. The minimum atomic E-state index is -4.85. The second-order valence-electron chi connectivity index (χ2n) is 10.6. The summed E-state index contributed by atoms with van der Waals surface area (Å²) in [5.41, 5.74) is -4.84. The van der Waals surface area contributed by atoms with Crippen molar-refractivity contribution in [3.8, 4) is 0 Å². The van der Waals surface area contributed by atoms with Gasteiger partial charge in [-0.1, -0.05) is 18.2 Å². The molecule has 1 aromatic carbocycles.